The van der Waals surface area contributed by atoms with E-state index in [1.807, 2.05) is 37.2 Å². The second-order valence-corrected chi connectivity index (χ2v) is 7.76. The van der Waals surface area contributed by atoms with E-state index in [4.69, 9.17) is 0 Å². The Morgan fingerprint density at radius 2 is 1.79 bits per heavy atom. The van der Waals surface area contributed by atoms with Crippen LogP contribution in [0.3, 0.4) is 0 Å². The third kappa shape index (κ3) is 4.02. The number of rotatable bonds is 5. The molecule has 1 amide bonds. The van der Waals surface area contributed by atoms with Gasteiger partial charge in [-0.15, -0.1) is 0 Å². The van der Waals surface area contributed by atoms with Crippen molar-refractivity contribution in [1.29, 1.82) is 0 Å². The highest BCUT2D eigenvalue weighted by molar-refractivity contribution is 5.99. The Hall–Kier alpha value is -3.14. The van der Waals surface area contributed by atoms with Crippen molar-refractivity contribution >= 4 is 11.7 Å². The van der Waals surface area contributed by atoms with E-state index in [-0.39, 0.29) is 11.9 Å². The number of aryl methyl sites for hydroxylation is 1. The minimum Gasteiger partial charge on any atom is -0.362 e. The van der Waals surface area contributed by atoms with Gasteiger partial charge in [0.25, 0.3) is 5.91 Å². The summed E-state index contributed by atoms with van der Waals surface area (Å²) in [5, 5.41) is 0. The fraction of sp³-hybridized carbons (Fsp3) is 0.280. The van der Waals surface area contributed by atoms with Crippen molar-refractivity contribution in [3.63, 3.8) is 0 Å². The van der Waals surface area contributed by atoms with Crippen molar-refractivity contribution in [2.75, 3.05) is 25.5 Å². The summed E-state index contributed by atoms with van der Waals surface area (Å²) in [5.74, 6) is 0.785. The monoisotopic (exact) mass is 385 g/mol. The molecule has 2 aromatic carbocycles. The van der Waals surface area contributed by atoms with E-state index in [1.165, 1.54) is 16.7 Å². The number of hydrogen-bond donors (Lipinski definition) is 0. The molecule has 0 fully saturated rings. The molecule has 0 saturated carbocycles. The number of aromatic nitrogens is 1. The average molecular weight is 386 g/mol. The number of nitrogens with zero attached hydrogens (tertiary/aromatic N) is 3. The van der Waals surface area contributed by atoms with Gasteiger partial charge in [-0.25, -0.2) is 4.98 Å². The Balaban J connectivity index is 1.67. The van der Waals surface area contributed by atoms with Crippen molar-refractivity contribution in [2.45, 2.75) is 25.3 Å². The first-order chi connectivity index (χ1) is 14.1. The molecule has 0 aliphatic carbocycles. The highest BCUT2D eigenvalue weighted by atomic mass is 16.2. The number of benzene rings is 2. The lowest BCUT2D eigenvalue weighted by atomic mass is 9.88. The van der Waals surface area contributed by atoms with Crippen molar-refractivity contribution in [3.05, 3.63) is 95.2 Å². The van der Waals surface area contributed by atoms with Crippen molar-refractivity contribution < 1.29 is 4.79 Å². The molecule has 0 bridgehead atoms. The number of fused-ring (bicyclic) bond motifs is 1. The maximum Gasteiger partial charge on any atom is 0.258 e. The maximum absolute atomic E-state index is 13.6. The van der Waals surface area contributed by atoms with Crippen LogP contribution in [0.2, 0.25) is 0 Å². The lowest BCUT2D eigenvalue weighted by Gasteiger charge is -2.38. The normalized spacial score (nSPS) is 15.7. The minimum atomic E-state index is 0.0642. The fourth-order valence-electron chi connectivity index (χ4n) is 4.23. The highest BCUT2D eigenvalue weighted by Crippen LogP contribution is 2.35. The van der Waals surface area contributed by atoms with E-state index in [9.17, 15) is 4.79 Å². The smallest absolute Gasteiger partial charge is 0.258 e. The molecule has 0 spiro atoms. The van der Waals surface area contributed by atoms with E-state index in [2.05, 4.69) is 58.4 Å². The molecule has 29 heavy (non-hydrogen) atoms. The zero-order valence-corrected chi connectivity index (χ0v) is 17.1. The van der Waals surface area contributed by atoms with Crippen LogP contribution >= 0.6 is 0 Å². The Kier molecular flexibility index (Phi) is 5.61. The van der Waals surface area contributed by atoms with E-state index in [0.717, 1.165) is 31.6 Å². The Labute approximate surface area is 172 Å². The molecule has 0 saturated heterocycles. The second-order valence-electron chi connectivity index (χ2n) is 7.76. The number of anilines is 1. The maximum atomic E-state index is 13.6. The summed E-state index contributed by atoms with van der Waals surface area (Å²) in [5.41, 5.74) is 4.60. The molecule has 2 heterocycles. The molecule has 0 N–H and O–H groups in total. The lowest BCUT2D eigenvalue weighted by Crippen LogP contribution is -2.41. The molecular weight excluding hydrogens is 358 g/mol. The van der Waals surface area contributed by atoms with Crippen LogP contribution in [0, 0.1) is 0 Å². The Morgan fingerprint density at radius 3 is 2.59 bits per heavy atom. The summed E-state index contributed by atoms with van der Waals surface area (Å²) in [7, 11) is 3.86. The van der Waals surface area contributed by atoms with Crippen molar-refractivity contribution in [1.82, 2.24) is 9.88 Å². The molecule has 0 radical (unpaired) electrons. The van der Waals surface area contributed by atoms with Gasteiger partial charge in [-0.3, -0.25) is 4.79 Å². The van der Waals surface area contributed by atoms with Crippen LogP contribution in [0.25, 0.3) is 0 Å². The molecule has 1 aromatic heterocycles. The number of carbonyl (C=O) groups is 1. The summed E-state index contributed by atoms with van der Waals surface area (Å²) >= 11 is 0. The van der Waals surface area contributed by atoms with Gasteiger partial charge in [0.1, 0.15) is 5.82 Å². The standard InChI is InChI=1S/C25H27N3O/c1-27(2)24-22(13-8-17-26-24)25(29)28-18-16-20-11-6-7-12-21(20)23(28)15-14-19-9-4-3-5-10-19/h3-13,17,23H,14-16,18H2,1-2H3. The van der Waals surface area contributed by atoms with E-state index >= 15 is 0 Å². The van der Waals surface area contributed by atoms with E-state index < -0.39 is 0 Å². The predicted molar refractivity (Wildman–Crippen MR) is 117 cm³/mol. The van der Waals surface area contributed by atoms with Crippen LogP contribution in [0.1, 0.15) is 39.5 Å². The number of pyridine rings is 1. The highest BCUT2D eigenvalue weighted by Gasteiger charge is 2.32. The quantitative estimate of drug-likeness (QED) is 0.648. The summed E-state index contributed by atoms with van der Waals surface area (Å²) < 4.78 is 0. The van der Waals surface area contributed by atoms with Gasteiger partial charge in [0, 0.05) is 26.8 Å². The van der Waals surface area contributed by atoms with Crippen molar-refractivity contribution in [3.8, 4) is 0 Å². The predicted octanol–water partition coefficient (Wildman–Crippen LogP) is 4.52. The summed E-state index contributed by atoms with van der Waals surface area (Å²) in [4.78, 5) is 22.0. The largest absolute Gasteiger partial charge is 0.362 e. The van der Waals surface area contributed by atoms with Crippen LogP contribution in [0.15, 0.2) is 72.9 Å². The molecule has 4 heteroatoms. The molecule has 4 nitrogen and oxygen atoms in total. The third-order valence-electron chi connectivity index (χ3n) is 5.66. The first-order valence-electron chi connectivity index (χ1n) is 10.2. The van der Waals surface area contributed by atoms with Gasteiger partial charge in [-0.1, -0.05) is 54.6 Å². The zero-order chi connectivity index (χ0) is 20.2. The SMILES string of the molecule is CN(C)c1ncccc1C(=O)N1CCc2ccccc2C1CCc1ccccc1. The van der Waals surface area contributed by atoms with E-state index in [1.54, 1.807) is 6.20 Å². The number of amides is 1. The molecule has 1 unspecified atom stereocenters. The summed E-state index contributed by atoms with van der Waals surface area (Å²) in [6.45, 7) is 0.733. The average Bonchev–Trinajstić information content (AvgIpc) is 2.77. The van der Waals surface area contributed by atoms with Crippen LogP contribution in [-0.4, -0.2) is 36.4 Å². The lowest BCUT2D eigenvalue weighted by molar-refractivity contribution is 0.0651. The Morgan fingerprint density at radius 1 is 1.03 bits per heavy atom. The topological polar surface area (TPSA) is 36.4 Å². The fourth-order valence-corrected chi connectivity index (χ4v) is 4.23. The first kappa shape index (κ1) is 19.2. The van der Waals surface area contributed by atoms with Gasteiger partial charge < -0.3 is 9.80 Å². The molecule has 4 rings (SSSR count). The van der Waals surface area contributed by atoms with Gasteiger partial charge in [0.05, 0.1) is 11.6 Å². The molecule has 148 valence electrons. The van der Waals surface area contributed by atoms with Gasteiger partial charge in [0.15, 0.2) is 0 Å². The summed E-state index contributed by atoms with van der Waals surface area (Å²) in [6.07, 6.45) is 4.48. The van der Waals surface area contributed by atoms with Crippen LogP contribution in [-0.2, 0) is 12.8 Å². The molecular formula is C25H27N3O. The van der Waals surface area contributed by atoms with Crippen LogP contribution in [0.5, 0.6) is 0 Å². The number of hydrogen-bond acceptors (Lipinski definition) is 3. The third-order valence-corrected chi connectivity index (χ3v) is 5.66. The van der Waals surface area contributed by atoms with Gasteiger partial charge in [0.2, 0.25) is 0 Å². The van der Waals surface area contributed by atoms with E-state index in [0.29, 0.717) is 5.56 Å². The summed E-state index contributed by atoms with van der Waals surface area (Å²) in [6, 6.07) is 22.9. The molecule has 1 atom stereocenters. The van der Waals surface area contributed by atoms with Gasteiger partial charge in [-0.05, 0) is 48.1 Å². The van der Waals surface area contributed by atoms with Gasteiger partial charge in [-0.2, -0.15) is 0 Å². The molecule has 1 aliphatic rings. The Bertz CT molecular complexity index is 984. The zero-order valence-electron chi connectivity index (χ0n) is 17.1. The number of carbonyl (C=O) groups excluding carboxylic acids is 1. The van der Waals surface area contributed by atoms with Crippen LogP contribution in [0.4, 0.5) is 5.82 Å². The minimum absolute atomic E-state index is 0.0642. The first-order valence-corrected chi connectivity index (χ1v) is 10.2. The molecule has 3 aromatic rings. The van der Waals surface area contributed by atoms with Crippen molar-refractivity contribution in [2.24, 2.45) is 0 Å². The van der Waals surface area contributed by atoms with Gasteiger partial charge >= 0.3 is 0 Å². The second kappa shape index (κ2) is 8.48. The van der Waals surface area contributed by atoms with Crippen LogP contribution < -0.4 is 4.90 Å². The molecule has 1 aliphatic heterocycles.